The lowest BCUT2D eigenvalue weighted by atomic mass is 9.88. The van der Waals surface area contributed by atoms with Gasteiger partial charge in [0.25, 0.3) is 5.91 Å². The second-order valence-electron chi connectivity index (χ2n) is 8.34. The number of ether oxygens (including phenoxy) is 2. The summed E-state index contributed by atoms with van der Waals surface area (Å²) in [4.78, 5) is 34.5. The van der Waals surface area contributed by atoms with Crippen LogP contribution >= 0.6 is 12.2 Å². The summed E-state index contributed by atoms with van der Waals surface area (Å²) in [5.41, 5.74) is -2.16. The Morgan fingerprint density at radius 1 is 1.29 bits per heavy atom. The molecule has 0 aromatic heterocycles. The topological polar surface area (TPSA) is 71.4 Å². The van der Waals surface area contributed by atoms with Crippen LogP contribution in [0.15, 0.2) is 35.3 Å². The molecule has 2 bridgehead atoms. The number of carbonyl (C=O) groups is 2. The number of hydrogen-bond donors (Lipinski definition) is 0. The van der Waals surface area contributed by atoms with Gasteiger partial charge in [-0.1, -0.05) is 44.3 Å². The number of benzene rings is 1. The van der Waals surface area contributed by atoms with E-state index in [0.29, 0.717) is 29.6 Å². The number of thiocarbonyl (C=S) groups is 1. The van der Waals surface area contributed by atoms with Gasteiger partial charge in [0.05, 0.1) is 7.11 Å². The van der Waals surface area contributed by atoms with E-state index in [4.69, 9.17) is 21.7 Å². The van der Waals surface area contributed by atoms with E-state index < -0.39 is 17.3 Å². The average molecular weight is 401 g/mol. The van der Waals surface area contributed by atoms with Gasteiger partial charge in [-0.3, -0.25) is 24.4 Å². The van der Waals surface area contributed by atoms with Gasteiger partial charge < -0.3 is 9.47 Å². The van der Waals surface area contributed by atoms with E-state index in [-0.39, 0.29) is 17.7 Å². The second-order valence-corrected chi connectivity index (χ2v) is 8.73. The Hall–Kier alpha value is -2.32. The number of rotatable bonds is 3. The molecular formula is C20H23N3O4S. The molecular weight excluding hydrogens is 378 g/mol. The van der Waals surface area contributed by atoms with Gasteiger partial charge in [-0.05, 0) is 19.1 Å². The minimum atomic E-state index is -1.59. The lowest BCUT2D eigenvalue weighted by molar-refractivity contribution is -0.173. The van der Waals surface area contributed by atoms with Gasteiger partial charge in [0.15, 0.2) is 5.60 Å². The number of methoxy groups -OCH3 is 1. The van der Waals surface area contributed by atoms with Crippen molar-refractivity contribution in [1.82, 2.24) is 4.90 Å². The lowest BCUT2D eigenvalue weighted by Crippen LogP contribution is -2.68. The highest BCUT2D eigenvalue weighted by molar-refractivity contribution is 7.81. The minimum absolute atomic E-state index is 0.183. The fraction of sp³-hybridized carbons (Fsp3) is 0.500. The number of amides is 1. The number of aliphatic imine (C=N–C) groups is 1. The van der Waals surface area contributed by atoms with Crippen molar-refractivity contribution >= 4 is 40.6 Å². The zero-order valence-electron chi connectivity index (χ0n) is 16.4. The number of morpholine rings is 1. The third-order valence-corrected chi connectivity index (χ3v) is 6.05. The summed E-state index contributed by atoms with van der Waals surface area (Å²) >= 11 is 5.80. The molecule has 3 aliphatic rings. The van der Waals surface area contributed by atoms with Crippen molar-refractivity contribution in [2.45, 2.75) is 38.5 Å². The Morgan fingerprint density at radius 3 is 2.61 bits per heavy atom. The molecule has 2 unspecified atom stereocenters. The molecule has 0 aliphatic carbocycles. The van der Waals surface area contributed by atoms with Crippen LogP contribution in [0.4, 0.5) is 5.69 Å². The summed E-state index contributed by atoms with van der Waals surface area (Å²) in [7, 11) is 1.29. The molecule has 3 heterocycles. The normalized spacial score (nSPS) is 30.8. The Morgan fingerprint density at radius 2 is 1.96 bits per heavy atom. The Kier molecular flexibility index (Phi) is 4.13. The van der Waals surface area contributed by atoms with E-state index in [1.54, 1.807) is 9.80 Å². The van der Waals surface area contributed by atoms with Gasteiger partial charge in [0.2, 0.25) is 5.72 Å². The van der Waals surface area contributed by atoms with Crippen LogP contribution in [0.3, 0.4) is 0 Å². The van der Waals surface area contributed by atoms with Crippen molar-refractivity contribution in [2.75, 3.05) is 25.1 Å². The van der Waals surface area contributed by atoms with Crippen LogP contribution in [0.2, 0.25) is 0 Å². The maximum Gasteiger partial charge on any atom is 0.311 e. The van der Waals surface area contributed by atoms with Gasteiger partial charge in [-0.15, -0.1) is 0 Å². The average Bonchev–Trinajstić information content (AvgIpc) is 2.86. The van der Waals surface area contributed by atoms with Crippen LogP contribution in [0.5, 0.6) is 0 Å². The molecule has 7 nitrogen and oxygen atoms in total. The zero-order chi connectivity index (χ0) is 20.3. The highest BCUT2D eigenvalue weighted by Gasteiger charge is 2.70. The highest BCUT2D eigenvalue weighted by Crippen LogP contribution is 2.49. The van der Waals surface area contributed by atoms with E-state index in [2.05, 4.69) is 18.8 Å². The van der Waals surface area contributed by atoms with Gasteiger partial charge in [0.1, 0.15) is 17.2 Å². The maximum atomic E-state index is 13.8. The van der Waals surface area contributed by atoms with Gasteiger partial charge in [-0.25, -0.2) is 0 Å². The molecule has 3 aliphatic heterocycles. The molecule has 4 rings (SSSR count). The summed E-state index contributed by atoms with van der Waals surface area (Å²) in [6.07, 6.45) is -0.267. The van der Waals surface area contributed by atoms with E-state index >= 15 is 0 Å². The van der Waals surface area contributed by atoms with Gasteiger partial charge >= 0.3 is 5.97 Å². The lowest BCUT2D eigenvalue weighted by Gasteiger charge is -2.48. The molecule has 0 saturated carbocycles. The molecule has 2 atom stereocenters. The molecule has 28 heavy (non-hydrogen) atoms. The number of anilines is 1. The van der Waals surface area contributed by atoms with Crippen LogP contribution in [0.1, 0.15) is 27.2 Å². The van der Waals surface area contributed by atoms with Crippen molar-refractivity contribution in [1.29, 1.82) is 0 Å². The predicted molar refractivity (Wildman–Crippen MR) is 108 cm³/mol. The third kappa shape index (κ3) is 2.51. The number of esters is 1. The molecule has 0 N–H and O–H groups in total. The molecule has 148 valence electrons. The molecule has 0 spiro atoms. The Bertz CT molecular complexity index is 900. The monoisotopic (exact) mass is 401 g/mol. The van der Waals surface area contributed by atoms with Crippen molar-refractivity contribution in [2.24, 2.45) is 10.4 Å². The number of hydrogen-bond acceptors (Lipinski definition) is 6. The quantitative estimate of drug-likeness (QED) is 0.571. The second kappa shape index (κ2) is 6.09. The van der Waals surface area contributed by atoms with Crippen LogP contribution in [0.25, 0.3) is 0 Å². The summed E-state index contributed by atoms with van der Waals surface area (Å²) in [6.45, 7) is 6.99. The number of fused-ring (bicyclic) bond motifs is 4. The molecule has 0 radical (unpaired) electrons. The number of para-hydroxylation sites is 1. The first-order chi connectivity index (χ1) is 13.1. The summed E-state index contributed by atoms with van der Waals surface area (Å²) in [5.74, 6) is -0.371. The van der Waals surface area contributed by atoms with Gasteiger partial charge in [-0.2, -0.15) is 0 Å². The highest BCUT2D eigenvalue weighted by atomic mass is 32.1. The number of nitrogens with zero attached hydrogens (tertiary/aromatic N) is 3. The van der Waals surface area contributed by atoms with Crippen molar-refractivity contribution < 1.29 is 19.1 Å². The molecule has 1 aromatic carbocycles. The van der Waals surface area contributed by atoms with Crippen LogP contribution in [-0.2, 0) is 19.1 Å². The molecule has 2 fully saturated rings. The SMILES string of the molecule is COC(=O)CC12OC(C)(C(=S)N1c1ccccc1)C1=NCC(C)(C)CN1C2=O. The molecule has 1 aromatic rings. The first-order valence-corrected chi connectivity index (χ1v) is 9.59. The molecule has 8 heteroatoms. The summed E-state index contributed by atoms with van der Waals surface area (Å²) in [5, 5.41) is 0. The van der Waals surface area contributed by atoms with E-state index in [9.17, 15) is 9.59 Å². The van der Waals surface area contributed by atoms with Crippen LogP contribution in [-0.4, -0.2) is 59.1 Å². The van der Waals surface area contributed by atoms with E-state index in [1.165, 1.54) is 7.11 Å². The Balaban J connectivity index is 1.92. The first kappa shape index (κ1) is 19.0. The fourth-order valence-corrected chi connectivity index (χ4v) is 4.55. The number of carbonyl (C=O) groups excluding carboxylic acids is 2. The first-order valence-electron chi connectivity index (χ1n) is 9.18. The van der Waals surface area contributed by atoms with E-state index in [1.807, 2.05) is 37.3 Å². The summed E-state index contributed by atoms with van der Waals surface area (Å²) in [6, 6.07) is 9.27. The zero-order valence-corrected chi connectivity index (χ0v) is 17.2. The number of amidine groups is 1. The molecule has 1 amide bonds. The van der Waals surface area contributed by atoms with Crippen molar-refractivity contribution in [3.05, 3.63) is 30.3 Å². The van der Waals surface area contributed by atoms with Crippen LogP contribution < -0.4 is 4.90 Å². The predicted octanol–water partition coefficient (Wildman–Crippen LogP) is 2.15. The largest absolute Gasteiger partial charge is 0.469 e. The van der Waals surface area contributed by atoms with Crippen molar-refractivity contribution in [3.8, 4) is 0 Å². The smallest absolute Gasteiger partial charge is 0.311 e. The van der Waals surface area contributed by atoms with Crippen molar-refractivity contribution in [3.63, 3.8) is 0 Å². The van der Waals surface area contributed by atoms with Crippen LogP contribution in [0, 0.1) is 5.41 Å². The Labute approximate surface area is 169 Å². The fourth-order valence-electron chi connectivity index (χ4n) is 4.16. The maximum absolute atomic E-state index is 13.8. The van der Waals surface area contributed by atoms with E-state index in [0.717, 1.165) is 0 Å². The standard InChI is InChI=1S/C20H23N3O4S/c1-18(2)11-21-15-19(3)17(28)23(13-8-6-5-7-9-13)20(27-19,10-14(24)26-4)16(25)22(15)12-18/h5-9H,10-12H2,1-4H3. The minimum Gasteiger partial charge on any atom is -0.469 e. The van der Waals surface area contributed by atoms with Gasteiger partial charge in [0, 0.05) is 24.2 Å². The molecule has 2 saturated heterocycles. The summed E-state index contributed by atoms with van der Waals surface area (Å²) < 4.78 is 11.2. The third-order valence-electron chi connectivity index (χ3n) is 5.48.